The van der Waals surface area contributed by atoms with Gasteiger partial charge in [0.05, 0.1) is 5.56 Å². The van der Waals surface area contributed by atoms with Crippen LogP contribution < -0.4 is 15.6 Å². The second-order valence-electron chi connectivity index (χ2n) is 7.21. The first kappa shape index (κ1) is 21.1. The number of carbonyl (C=O) groups excluding carboxylic acids is 1. The largest absolute Gasteiger partial charge is 0.489 e. The van der Waals surface area contributed by atoms with Gasteiger partial charge in [-0.25, -0.2) is 4.39 Å². The van der Waals surface area contributed by atoms with E-state index < -0.39 is 5.92 Å². The molecule has 160 valence electrons. The van der Waals surface area contributed by atoms with Gasteiger partial charge in [0.2, 0.25) is 5.91 Å². The molecule has 2 heterocycles. The highest BCUT2D eigenvalue weighted by molar-refractivity contribution is 7.99. The van der Waals surface area contributed by atoms with E-state index in [2.05, 4.69) is 10.3 Å². The lowest BCUT2D eigenvalue weighted by Crippen LogP contribution is -2.33. The van der Waals surface area contributed by atoms with Gasteiger partial charge in [-0.2, -0.15) is 4.98 Å². The molecule has 2 aromatic carbocycles. The van der Waals surface area contributed by atoms with Crippen LogP contribution in [0.2, 0.25) is 0 Å². The first-order valence-electron chi connectivity index (χ1n) is 9.97. The predicted molar refractivity (Wildman–Crippen MR) is 118 cm³/mol. The maximum Gasteiger partial charge on any atom is 0.279 e. The number of hydrogen-bond acceptors (Lipinski definition) is 5. The molecular formula is C23H22FN3O3S. The number of benzene rings is 2. The van der Waals surface area contributed by atoms with Gasteiger partial charge in [-0.3, -0.25) is 9.59 Å². The Bertz CT molecular complexity index is 1180. The van der Waals surface area contributed by atoms with E-state index in [1.807, 2.05) is 19.1 Å². The van der Waals surface area contributed by atoms with Crippen molar-refractivity contribution in [3.05, 3.63) is 81.4 Å². The van der Waals surface area contributed by atoms with Crippen LogP contribution in [0.3, 0.4) is 0 Å². The minimum atomic E-state index is -0.392. The molecule has 0 fully saturated rings. The van der Waals surface area contributed by atoms with Crippen molar-refractivity contribution in [3.63, 3.8) is 0 Å². The van der Waals surface area contributed by atoms with E-state index in [1.54, 1.807) is 41.9 Å². The number of amides is 1. The molecule has 4 rings (SSSR count). The van der Waals surface area contributed by atoms with Crippen molar-refractivity contribution in [1.29, 1.82) is 0 Å². The predicted octanol–water partition coefficient (Wildman–Crippen LogP) is 4.08. The Balaban J connectivity index is 1.61. The third-order valence-corrected chi connectivity index (χ3v) is 6.12. The fraction of sp³-hybridized carbons (Fsp3) is 0.261. The van der Waals surface area contributed by atoms with Crippen LogP contribution in [0.25, 0.3) is 0 Å². The number of fused-ring (bicyclic) bond motifs is 1. The molecule has 1 unspecified atom stereocenters. The topological polar surface area (TPSA) is 73.2 Å². The Hall–Kier alpha value is -3.13. The van der Waals surface area contributed by atoms with Crippen molar-refractivity contribution in [2.24, 2.45) is 7.05 Å². The Morgan fingerprint density at radius 1 is 1.19 bits per heavy atom. The smallest absolute Gasteiger partial charge is 0.279 e. The molecule has 0 radical (unpaired) electrons. The van der Waals surface area contributed by atoms with E-state index in [9.17, 15) is 14.0 Å². The summed E-state index contributed by atoms with van der Waals surface area (Å²) in [4.78, 5) is 29.4. The lowest BCUT2D eigenvalue weighted by atomic mass is 9.87. The molecule has 1 N–H and O–H groups in total. The van der Waals surface area contributed by atoms with E-state index in [0.29, 0.717) is 27.9 Å². The minimum absolute atomic E-state index is 0.114. The Labute approximate surface area is 183 Å². The molecule has 0 saturated carbocycles. The SMILES string of the molecule is CCSc1nc(=O)c2c(n1C)NC(=O)CC2c1ccc(OCc2ccccc2F)cc1. The first-order valence-corrected chi connectivity index (χ1v) is 11.0. The summed E-state index contributed by atoms with van der Waals surface area (Å²) in [5.74, 6) is 0.991. The van der Waals surface area contributed by atoms with Gasteiger partial charge in [0.25, 0.3) is 5.56 Å². The summed E-state index contributed by atoms with van der Waals surface area (Å²) in [5, 5.41) is 3.41. The van der Waals surface area contributed by atoms with Crippen LogP contribution in [-0.4, -0.2) is 21.2 Å². The molecule has 1 aromatic heterocycles. The van der Waals surface area contributed by atoms with Crippen molar-refractivity contribution in [1.82, 2.24) is 9.55 Å². The maximum atomic E-state index is 13.8. The zero-order valence-electron chi connectivity index (χ0n) is 17.2. The molecule has 0 bridgehead atoms. The van der Waals surface area contributed by atoms with Gasteiger partial charge >= 0.3 is 0 Å². The summed E-state index contributed by atoms with van der Waals surface area (Å²) in [5.41, 5.74) is 1.46. The minimum Gasteiger partial charge on any atom is -0.489 e. The third kappa shape index (κ3) is 4.34. The van der Waals surface area contributed by atoms with Gasteiger partial charge in [0.1, 0.15) is 24.0 Å². The lowest BCUT2D eigenvalue weighted by Gasteiger charge is -2.27. The van der Waals surface area contributed by atoms with Crippen molar-refractivity contribution in [2.45, 2.75) is 31.0 Å². The monoisotopic (exact) mass is 439 g/mol. The average molecular weight is 440 g/mol. The number of nitrogens with zero attached hydrogens (tertiary/aromatic N) is 2. The van der Waals surface area contributed by atoms with Gasteiger partial charge in [-0.05, 0) is 29.5 Å². The molecule has 1 aliphatic heterocycles. The molecule has 0 saturated heterocycles. The number of thioether (sulfide) groups is 1. The van der Waals surface area contributed by atoms with Crippen molar-refractivity contribution < 1.29 is 13.9 Å². The number of rotatable bonds is 6. The summed E-state index contributed by atoms with van der Waals surface area (Å²) in [6.45, 7) is 2.09. The second-order valence-corrected chi connectivity index (χ2v) is 8.44. The van der Waals surface area contributed by atoms with Gasteiger partial charge < -0.3 is 14.6 Å². The Morgan fingerprint density at radius 3 is 2.65 bits per heavy atom. The fourth-order valence-electron chi connectivity index (χ4n) is 3.65. The molecule has 8 heteroatoms. The molecule has 3 aromatic rings. The zero-order valence-corrected chi connectivity index (χ0v) is 18.0. The van der Waals surface area contributed by atoms with Crippen molar-refractivity contribution >= 4 is 23.5 Å². The maximum absolute atomic E-state index is 13.8. The van der Waals surface area contributed by atoms with Crippen LogP contribution in [0.4, 0.5) is 10.2 Å². The number of hydrogen-bond donors (Lipinski definition) is 1. The highest BCUT2D eigenvalue weighted by Gasteiger charge is 2.32. The Kier molecular flexibility index (Phi) is 6.08. The fourth-order valence-corrected chi connectivity index (χ4v) is 4.34. The number of anilines is 1. The molecule has 6 nitrogen and oxygen atoms in total. The third-order valence-electron chi connectivity index (χ3n) is 5.21. The highest BCUT2D eigenvalue weighted by atomic mass is 32.2. The molecule has 1 atom stereocenters. The summed E-state index contributed by atoms with van der Waals surface area (Å²) >= 11 is 1.45. The average Bonchev–Trinajstić information content (AvgIpc) is 2.76. The normalized spacial score (nSPS) is 15.3. The number of ether oxygens (including phenoxy) is 1. The van der Waals surface area contributed by atoms with E-state index in [0.717, 1.165) is 11.3 Å². The van der Waals surface area contributed by atoms with Gasteiger partial charge in [0.15, 0.2) is 5.16 Å². The number of nitrogens with one attached hydrogen (secondary N) is 1. The highest BCUT2D eigenvalue weighted by Crippen LogP contribution is 2.36. The first-order chi connectivity index (χ1) is 15.0. The number of aromatic nitrogens is 2. The Morgan fingerprint density at radius 2 is 1.94 bits per heavy atom. The second kappa shape index (κ2) is 8.93. The number of halogens is 1. The van der Waals surface area contributed by atoms with E-state index in [4.69, 9.17) is 4.74 Å². The van der Waals surface area contributed by atoms with E-state index >= 15 is 0 Å². The van der Waals surface area contributed by atoms with Crippen LogP contribution in [0, 0.1) is 5.82 Å². The van der Waals surface area contributed by atoms with Crippen LogP contribution >= 0.6 is 11.8 Å². The number of carbonyl (C=O) groups is 1. The van der Waals surface area contributed by atoms with E-state index in [-0.39, 0.29) is 30.3 Å². The molecule has 1 aliphatic rings. The lowest BCUT2D eigenvalue weighted by molar-refractivity contribution is -0.116. The van der Waals surface area contributed by atoms with Gasteiger partial charge in [0, 0.05) is 24.9 Å². The van der Waals surface area contributed by atoms with Gasteiger partial charge in [-0.15, -0.1) is 0 Å². The quantitative estimate of drug-likeness (QED) is 0.463. The van der Waals surface area contributed by atoms with Crippen molar-refractivity contribution in [3.8, 4) is 5.75 Å². The molecule has 0 aliphatic carbocycles. The summed E-state index contributed by atoms with van der Waals surface area (Å²) in [6, 6.07) is 13.7. The van der Waals surface area contributed by atoms with Crippen LogP contribution in [-0.2, 0) is 18.4 Å². The van der Waals surface area contributed by atoms with Crippen molar-refractivity contribution in [2.75, 3.05) is 11.1 Å². The van der Waals surface area contributed by atoms with E-state index in [1.165, 1.54) is 17.8 Å². The summed E-state index contributed by atoms with van der Waals surface area (Å²) < 4.78 is 21.2. The summed E-state index contributed by atoms with van der Waals surface area (Å²) in [6.07, 6.45) is 0.166. The standard InChI is InChI=1S/C23H22FN3O3S/c1-3-31-23-26-22(29)20-17(12-19(28)25-21(20)27(23)2)14-8-10-16(11-9-14)30-13-15-6-4-5-7-18(15)24/h4-11,17H,3,12-13H2,1-2H3,(H,25,28). The molecular weight excluding hydrogens is 417 g/mol. The van der Waals surface area contributed by atoms with Crippen LogP contribution in [0.15, 0.2) is 58.5 Å². The zero-order chi connectivity index (χ0) is 22.0. The van der Waals surface area contributed by atoms with Crippen LogP contribution in [0.5, 0.6) is 5.75 Å². The summed E-state index contributed by atoms with van der Waals surface area (Å²) in [7, 11) is 1.80. The van der Waals surface area contributed by atoms with Gasteiger partial charge in [-0.1, -0.05) is 49.0 Å². The molecule has 31 heavy (non-hydrogen) atoms. The molecule has 1 amide bonds. The van der Waals surface area contributed by atoms with Crippen LogP contribution in [0.1, 0.15) is 36.0 Å². The molecule has 0 spiro atoms.